The molecule has 6 nitrogen and oxygen atoms in total. The van der Waals surface area contributed by atoms with Crippen LogP contribution in [0, 0.1) is 0 Å². The lowest BCUT2D eigenvalue weighted by Crippen LogP contribution is -2.33. The Labute approximate surface area is 218 Å². The first-order valence-electron chi connectivity index (χ1n) is 12.0. The first-order chi connectivity index (χ1) is 17.5. The minimum Gasteiger partial charge on any atom is -0.492 e. The number of fused-ring (bicyclic) bond motifs is 2. The molecule has 0 N–H and O–H groups in total. The summed E-state index contributed by atoms with van der Waals surface area (Å²) in [6.07, 6.45) is 0.827. The van der Waals surface area contributed by atoms with Crippen LogP contribution in [0.3, 0.4) is 0 Å². The van der Waals surface area contributed by atoms with Crippen LogP contribution >= 0.6 is 22.7 Å². The lowest BCUT2D eigenvalue weighted by molar-refractivity contribution is 0.0987. The zero-order chi connectivity index (χ0) is 25.1. The predicted molar refractivity (Wildman–Crippen MR) is 151 cm³/mol. The maximum atomic E-state index is 14.3. The van der Waals surface area contributed by atoms with E-state index in [1.165, 1.54) is 11.3 Å². The lowest BCUT2D eigenvalue weighted by atomic mass is 10.1. The number of para-hydroxylation sites is 2. The van der Waals surface area contributed by atoms with Gasteiger partial charge in [-0.25, -0.2) is 9.97 Å². The molecule has 0 saturated heterocycles. The summed E-state index contributed by atoms with van der Waals surface area (Å²) >= 11 is 3.14. The van der Waals surface area contributed by atoms with E-state index in [4.69, 9.17) is 14.7 Å². The van der Waals surface area contributed by atoms with Gasteiger partial charge in [0, 0.05) is 11.9 Å². The van der Waals surface area contributed by atoms with Crippen LogP contribution in [0.15, 0.2) is 66.0 Å². The summed E-state index contributed by atoms with van der Waals surface area (Å²) in [5.41, 5.74) is 3.05. The monoisotopic (exact) mass is 516 g/mol. The topological polar surface area (TPSA) is 58.6 Å². The van der Waals surface area contributed by atoms with Crippen LogP contribution in [0.25, 0.3) is 31.7 Å². The van der Waals surface area contributed by atoms with E-state index in [1.807, 2.05) is 92.0 Å². The van der Waals surface area contributed by atoms with Crippen molar-refractivity contribution in [3.63, 3.8) is 0 Å². The van der Waals surface area contributed by atoms with Gasteiger partial charge in [0.25, 0.3) is 5.91 Å². The normalized spacial score (nSPS) is 11.4. The second-order valence-electron chi connectivity index (χ2n) is 8.70. The number of pyridine rings is 1. The minimum atomic E-state index is -0.0674. The Hall–Kier alpha value is -3.33. The van der Waals surface area contributed by atoms with Gasteiger partial charge in [-0.2, -0.15) is 0 Å². The van der Waals surface area contributed by atoms with E-state index in [0.717, 1.165) is 50.4 Å². The van der Waals surface area contributed by atoms with Gasteiger partial charge in [-0.1, -0.05) is 41.7 Å². The number of aromatic nitrogens is 2. The molecule has 0 aliphatic heterocycles. The number of rotatable bonds is 9. The van der Waals surface area contributed by atoms with Gasteiger partial charge in [0.15, 0.2) is 5.13 Å². The van der Waals surface area contributed by atoms with Crippen LogP contribution in [0.1, 0.15) is 23.7 Å². The smallest absolute Gasteiger partial charge is 0.260 e. The van der Waals surface area contributed by atoms with E-state index in [1.54, 1.807) is 11.3 Å². The van der Waals surface area contributed by atoms with Crippen molar-refractivity contribution in [2.75, 3.05) is 38.7 Å². The molecular formula is C28H28N4O2S2. The van der Waals surface area contributed by atoms with E-state index < -0.39 is 0 Å². The first-order valence-corrected chi connectivity index (χ1v) is 13.7. The molecule has 1 amide bonds. The van der Waals surface area contributed by atoms with Crippen molar-refractivity contribution in [2.45, 2.75) is 13.3 Å². The van der Waals surface area contributed by atoms with Gasteiger partial charge in [0.2, 0.25) is 0 Å². The summed E-state index contributed by atoms with van der Waals surface area (Å²) < 4.78 is 6.81. The number of thiazole rings is 1. The fourth-order valence-corrected chi connectivity index (χ4v) is 5.87. The van der Waals surface area contributed by atoms with Crippen LogP contribution in [0.4, 0.5) is 5.13 Å². The van der Waals surface area contributed by atoms with Crippen molar-refractivity contribution in [3.05, 3.63) is 71.6 Å². The molecule has 184 valence electrons. The zero-order valence-corrected chi connectivity index (χ0v) is 22.2. The summed E-state index contributed by atoms with van der Waals surface area (Å²) in [4.78, 5) is 29.0. The summed E-state index contributed by atoms with van der Waals surface area (Å²) in [5.74, 6) is 0.676. The van der Waals surface area contributed by atoms with Crippen LogP contribution < -0.4 is 9.64 Å². The number of carbonyl (C=O) groups excluding carboxylic acids is 1. The number of amides is 1. The highest BCUT2D eigenvalue weighted by atomic mass is 32.1. The fraction of sp³-hybridized carbons (Fsp3) is 0.250. The number of thiophene rings is 1. The molecule has 0 radical (unpaired) electrons. The summed E-state index contributed by atoms with van der Waals surface area (Å²) in [6.45, 7) is 3.96. The standard InChI is InChI=1S/C28H28N4O2S2/c1-4-34-23-12-7-13-25-26(23)30-28(36-25)32(16-9-15-31(2)3)27(33)20-18-22(24-14-8-17-35-24)29-21-11-6-5-10-19(20)21/h5-8,10-14,17-18H,4,9,15-16H2,1-3H3. The van der Waals surface area contributed by atoms with Crippen LogP contribution in [-0.2, 0) is 0 Å². The third-order valence-electron chi connectivity index (χ3n) is 5.85. The van der Waals surface area contributed by atoms with Crippen molar-refractivity contribution < 1.29 is 9.53 Å². The quantitative estimate of drug-likeness (QED) is 0.222. The molecule has 0 bridgehead atoms. The van der Waals surface area contributed by atoms with Crippen molar-refractivity contribution in [1.29, 1.82) is 0 Å². The molecule has 0 aliphatic rings. The fourth-order valence-electron chi connectivity index (χ4n) is 4.18. The van der Waals surface area contributed by atoms with Crippen molar-refractivity contribution in [1.82, 2.24) is 14.9 Å². The summed E-state index contributed by atoms with van der Waals surface area (Å²) in [6, 6.07) is 19.7. The molecular weight excluding hydrogens is 488 g/mol. The molecule has 8 heteroatoms. The zero-order valence-electron chi connectivity index (χ0n) is 20.6. The summed E-state index contributed by atoms with van der Waals surface area (Å²) in [5, 5.41) is 3.55. The molecule has 3 heterocycles. The second-order valence-corrected chi connectivity index (χ2v) is 10.7. The number of benzene rings is 2. The third kappa shape index (κ3) is 4.97. The Morgan fingerprint density at radius 2 is 1.86 bits per heavy atom. The number of hydrogen-bond acceptors (Lipinski definition) is 7. The molecule has 3 aromatic heterocycles. The predicted octanol–water partition coefficient (Wildman–Crippen LogP) is 6.57. The van der Waals surface area contributed by atoms with Gasteiger partial charge in [-0.3, -0.25) is 9.69 Å². The molecule has 5 rings (SSSR count). The molecule has 0 atom stereocenters. The van der Waals surface area contributed by atoms with Crippen LogP contribution in [0.5, 0.6) is 5.75 Å². The highest BCUT2D eigenvalue weighted by Gasteiger charge is 2.25. The number of ether oxygens (including phenoxy) is 1. The number of anilines is 1. The highest BCUT2D eigenvalue weighted by molar-refractivity contribution is 7.22. The molecule has 0 unspecified atom stereocenters. The molecule has 5 aromatic rings. The Morgan fingerprint density at radius 1 is 1.00 bits per heavy atom. The van der Waals surface area contributed by atoms with Gasteiger partial charge in [-0.15, -0.1) is 11.3 Å². The Kier molecular flexibility index (Phi) is 7.27. The van der Waals surface area contributed by atoms with Gasteiger partial charge < -0.3 is 9.64 Å². The summed E-state index contributed by atoms with van der Waals surface area (Å²) in [7, 11) is 4.09. The lowest BCUT2D eigenvalue weighted by Gasteiger charge is -2.22. The Bertz CT molecular complexity index is 1490. The van der Waals surface area contributed by atoms with E-state index in [2.05, 4.69) is 4.90 Å². The molecule has 0 aliphatic carbocycles. The van der Waals surface area contributed by atoms with E-state index in [-0.39, 0.29) is 5.91 Å². The van der Waals surface area contributed by atoms with E-state index in [0.29, 0.717) is 23.8 Å². The molecule has 0 saturated carbocycles. The maximum Gasteiger partial charge on any atom is 0.260 e. The van der Waals surface area contributed by atoms with Crippen LogP contribution in [0.2, 0.25) is 0 Å². The van der Waals surface area contributed by atoms with E-state index in [9.17, 15) is 4.79 Å². The molecule has 36 heavy (non-hydrogen) atoms. The van der Waals surface area contributed by atoms with Crippen LogP contribution in [-0.4, -0.2) is 54.6 Å². The average Bonchev–Trinajstić information content (AvgIpc) is 3.56. The maximum absolute atomic E-state index is 14.3. The SMILES string of the molecule is CCOc1cccc2sc(N(CCCN(C)C)C(=O)c3cc(-c4cccs4)nc4ccccc34)nc12. The largest absolute Gasteiger partial charge is 0.492 e. The van der Waals surface area contributed by atoms with Crippen molar-refractivity contribution >= 4 is 54.8 Å². The number of hydrogen-bond donors (Lipinski definition) is 0. The van der Waals surface area contributed by atoms with Gasteiger partial charge in [0.05, 0.1) is 33.0 Å². The molecule has 0 fully saturated rings. The van der Waals surface area contributed by atoms with Gasteiger partial charge >= 0.3 is 0 Å². The van der Waals surface area contributed by atoms with Gasteiger partial charge in [0.1, 0.15) is 11.3 Å². The number of carbonyl (C=O) groups is 1. The second kappa shape index (κ2) is 10.7. The number of nitrogens with zero attached hydrogens (tertiary/aromatic N) is 4. The Balaban J connectivity index is 1.61. The molecule has 0 spiro atoms. The Morgan fingerprint density at radius 3 is 2.64 bits per heavy atom. The van der Waals surface area contributed by atoms with Crippen molar-refractivity contribution in [2.24, 2.45) is 0 Å². The van der Waals surface area contributed by atoms with Crippen molar-refractivity contribution in [3.8, 4) is 16.3 Å². The minimum absolute atomic E-state index is 0.0674. The van der Waals surface area contributed by atoms with Gasteiger partial charge in [-0.05, 0) is 69.7 Å². The molecule has 2 aromatic carbocycles. The van der Waals surface area contributed by atoms with E-state index >= 15 is 0 Å². The average molecular weight is 517 g/mol. The highest BCUT2D eigenvalue weighted by Crippen LogP contribution is 2.36. The first kappa shape index (κ1) is 24.4. The third-order valence-corrected chi connectivity index (χ3v) is 7.79.